The summed E-state index contributed by atoms with van der Waals surface area (Å²) in [5, 5.41) is 0. The van der Waals surface area contributed by atoms with Gasteiger partial charge in [-0.1, -0.05) is 29.7 Å². The van der Waals surface area contributed by atoms with Gasteiger partial charge >= 0.3 is 0 Å². The summed E-state index contributed by atoms with van der Waals surface area (Å²) in [7, 11) is 0. The molecule has 32 heteroatoms. The molecule has 0 aliphatic carbocycles. The Kier molecular flexibility index (Phi) is 14700000. The molecular formula is C4H122N32. The van der Waals surface area contributed by atoms with Gasteiger partial charge in [-0.15, -0.1) is 0 Å². The molecule has 0 spiro atoms. The topological polar surface area (TPSA) is 1120 Å². The Bertz CT molecular complexity index is 40.0. The van der Waals surface area contributed by atoms with Gasteiger partial charge in [0.1, 0.15) is 0 Å². The van der Waals surface area contributed by atoms with E-state index in [1.165, 1.54) is 0 Å². The molecule has 0 aromatic heterocycles. The highest BCUT2D eigenvalue weighted by molar-refractivity contribution is 2.51. The van der Waals surface area contributed by atoms with E-state index in [1.807, 2.05) is 0 Å². The maximum Gasteiger partial charge on any atom is 0 e. The third-order valence-electron chi connectivity index (χ3n) is 0. The summed E-state index contributed by atoms with van der Waals surface area (Å²) in [6.07, 6.45) is 0. The van der Waals surface area contributed by atoms with Gasteiger partial charge in [0.25, 0.3) is 0 Å². The molecule has 0 saturated carbocycles. The lowest BCUT2D eigenvalue weighted by molar-refractivity contribution is 2.13. The lowest BCUT2D eigenvalue weighted by atomic mass is 12.0. The third kappa shape index (κ3) is 20100. The zero-order valence-electron chi connectivity index (χ0n) is 22.6. The SMILES string of the molecule is C.C.C.C.N.N.N.N.N.N.N.N.N.N.N.N.N.N.N.N.N.N.N.N.N.N.N.N.N.N.N.N.N.N.N.N.[2HH].[2HH].[2HH].[2HH].[2HH]. The van der Waals surface area contributed by atoms with Gasteiger partial charge in [-0.2, -0.15) is 0 Å². The fourth-order valence-electron chi connectivity index (χ4n) is 0. The first-order valence-electron chi connectivity index (χ1n) is 0. The first kappa shape index (κ1) is 24100. The first-order chi connectivity index (χ1) is 0. The van der Waals surface area contributed by atoms with Gasteiger partial charge in [0.2, 0.25) is 0 Å². The van der Waals surface area contributed by atoms with Crippen LogP contribution in [0.25, 0.3) is 0 Å². The van der Waals surface area contributed by atoms with Crippen LogP contribution in [-0.2, 0) is 0 Å². The molecule has 0 radical (unpaired) electrons. The van der Waals surface area contributed by atoms with E-state index < -0.39 is 0 Å². The van der Waals surface area contributed by atoms with Crippen LogP contribution >= 0.6 is 0 Å². The van der Waals surface area contributed by atoms with E-state index in [4.69, 9.17) is 0 Å². The van der Waals surface area contributed by atoms with Crippen molar-refractivity contribution in [2.45, 2.75) is 29.7 Å². The normalized spacial score (nSPS) is 0. The third-order valence-corrected chi connectivity index (χ3v) is 0. The van der Waals surface area contributed by atoms with Gasteiger partial charge < -0.3 is 197 Å². The van der Waals surface area contributed by atoms with Crippen LogP contribution in [0.15, 0.2) is 0 Å². The standard InChI is InChI=1S/4CH4.32H3N.5H2/h4*1H4;32*1H3;5*1H/i;;;;;;;;;;;;;;;;;;;;;;;;;;;;;;;;;;;;5*1+1. The monoisotopic (exact) mass is 624 g/mol. The van der Waals surface area contributed by atoms with Crippen molar-refractivity contribution in [1.82, 2.24) is 197 Å². The van der Waals surface area contributed by atoms with Crippen molar-refractivity contribution in [3.63, 3.8) is 0 Å². The fourth-order valence-corrected chi connectivity index (χ4v) is 0. The van der Waals surface area contributed by atoms with E-state index in [1.54, 1.807) is 0 Å². The molecule has 0 heterocycles. The van der Waals surface area contributed by atoms with Crippen molar-refractivity contribution < 1.29 is 7.13 Å². The van der Waals surface area contributed by atoms with Crippen LogP contribution in [0.5, 0.6) is 0 Å². The summed E-state index contributed by atoms with van der Waals surface area (Å²) in [5.41, 5.74) is 0. The van der Waals surface area contributed by atoms with Gasteiger partial charge in [-0.05, 0) is 0 Å². The van der Waals surface area contributed by atoms with Crippen LogP contribution in [0.1, 0.15) is 36.8 Å². The van der Waals surface area contributed by atoms with E-state index in [2.05, 4.69) is 0 Å². The van der Waals surface area contributed by atoms with E-state index in [0.29, 0.717) is 0 Å². The Balaban J connectivity index is 0. The molecule has 0 fully saturated rings. The van der Waals surface area contributed by atoms with E-state index in [9.17, 15) is 0 Å². The van der Waals surface area contributed by atoms with Crippen LogP contribution in [0, 0.1) is 0 Å². The second-order valence-corrected chi connectivity index (χ2v) is 0. The minimum absolute atomic E-state index is 0. The summed E-state index contributed by atoms with van der Waals surface area (Å²) in [6, 6.07) is 0. The molecule has 298 valence electrons. The van der Waals surface area contributed by atoms with E-state index >= 15 is 0 Å². The van der Waals surface area contributed by atoms with Crippen molar-refractivity contribution >= 4 is 0 Å². The molecule has 32 nitrogen and oxygen atoms in total. The second kappa shape index (κ2) is 22000. The summed E-state index contributed by atoms with van der Waals surface area (Å²) in [6.45, 7) is 0. The lowest BCUT2D eigenvalue weighted by Gasteiger charge is -0.345. The van der Waals surface area contributed by atoms with Crippen molar-refractivity contribution in [2.75, 3.05) is 0 Å². The number of hydrogen-bond donors (Lipinski definition) is 32. The van der Waals surface area contributed by atoms with Crippen molar-refractivity contribution in [3.05, 3.63) is 0 Å². The van der Waals surface area contributed by atoms with Gasteiger partial charge in [0.05, 0.1) is 0 Å². The highest BCUT2D eigenvalue weighted by Crippen LogP contribution is 0.147. The molecule has 0 unspecified atom stereocenters. The van der Waals surface area contributed by atoms with Crippen LogP contribution in [0.2, 0.25) is 0 Å². The number of rotatable bonds is 0. The van der Waals surface area contributed by atoms with Crippen LogP contribution < -0.4 is 197 Å². The van der Waals surface area contributed by atoms with Crippen LogP contribution in [0.4, 0.5) is 0 Å². The van der Waals surface area contributed by atoms with Gasteiger partial charge in [-0.3, -0.25) is 0 Å². The molecule has 0 amide bonds. The summed E-state index contributed by atoms with van der Waals surface area (Å²) in [4.78, 5) is 0. The Labute approximate surface area is 235 Å². The molecule has 0 saturated heterocycles. The summed E-state index contributed by atoms with van der Waals surface area (Å²) < 4.78 is 0. The Morgan fingerprint density at radius 2 is 0.0833 bits per heavy atom. The summed E-state index contributed by atoms with van der Waals surface area (Å²) in [5.74, 6) is 0. The lowest BCUT2D eigenvalue weighted by Crippen LogP contribution is -0.482. The average Bonchev–Trinajstić information content (AvgIpc) is 0. The van der Waals surface area contributed by atoms with Crippen molar-refractivity contribution in [1.29, 1.82) is 0 Å². The van der Waals surface area contributed by atoms with Crippen molar-refractivity contribution in [2.24, 2.45) is 0 Å². The number of hydrogen-bond acceptors (Lipinski definition) is 32. The predicted octanol–water partition coefficient (Wildman–Crippen LogP) is 8.96. The average molecular weight is 624 g/mol. The van der Waals surface area contributed by atoms with E-state index in [0.717, 1.165) is 0 Å². The van der Waals surface area contributed by atoms with Gasteiger partial charge in [-0.25, -0.2) is 0 Å². The Morgan fingerprint density at radius 1 is 0.0833 bits per heavy atom. The van der Waals surface area contributed by atoms with Gasteiger partial charge in [0.15, 0.2) is 0 Å². The molecule has 36 heavy (non-hydrogen) atoms. The molecule has 0 aliphatic rings. The fraction of sp³-hybridized carbons (Fsp3) is 1.00. The van der Waals surface area contributed by atoms with E-state index in [-0.39, 0.29) is 234 Å². The minimum atomic E-state index is 0. The largest absolute Gasteiger partial charge is 0.344 e. The summed E-state index contributed by atoms with van der Waals surface area (Å²) >= 11 is 0. The Hall–Kier alpha value is -1.28. The molecule has 0 aromatic rings. The first-order valence-corrected chi connectivity index (χ1v) is 0. The zero-order valence-corrected chi connectivity index (χ0v) is 22.6. The molecular weight excluding hydrogens is 496 g/mol. The molecule has 0 aliphatic heterocycles. The molecule has 0 bridgehead atoms. The Morgan fingerprint density at radius 3 is 0.0833 bits per heavy atom. The van der Waals surface area contributed by atoms with Crippen molar-refractivity contribution in [3.8, 4) is 0 Å². The highest BCUT2D eigenvalue weighted by Gasteiger charge is -0.0740. The highest BCUT2D eigenvalue weighted by atomic mass is 14.0. The van der Waals surface area contributed by atoms with Crippen LogP contribution in [-0.4, -0.2) is 0 Å². The zero-order chi connectivity index (χ0) is 0. The van der Waals surface area contributed by atoms with Crippen LogP contribution in [0.3, 0.4) is 0 Å². The maximum atomic E-state index is 0. The quantitative estimate of drug-likeness (QED) is 0.119. The maximum absolute atomic E-state index is 0. The molecule has 0 rings (SSSR count). The second-order valence-electron chi connectivity index (χ2n) is 0. The predicted molar refractivity (Wildman–Crippen MR) is 198 cm³/mol. The molecule has 96 N–H and O–H groups in total. The van der Waals surface area contributed by atoms with Gasteiger partial charge in [0, 0.05) is 7.13 Å². The molecule has 0 atom stereocenters. The smallest absolute Gasteiger partial charge is 0 e. The minimum Gasteiger partial charge on any atom is -0.344 e. The molecule has 0 aromatic carbocycles.